The van der Waals surface area contributed by atoms with E-state index in [0.717, 1.165) is 27.9 Å². The number of rotatable bonds is 4. The maximum atomic E-state index is 13.6. The van der Waals surface area contributed by atoms with Crippen LogP contribution in [0.2, 0.25) is 0 Å². The zero-order chi connectivity index (χ0) is 25.5. The van der Waals surface area contributed by atoms with Crippen LogP contribution in [0.5, 0.6) is 0 Å². The summed E-state index contributed by atoms with van der Waals surface area (Å²) in [7, 11) is 0. The fraction of sp³-hybridized carbons (Fsp3) is 0.310. The molecule has 36 heavy (non-hydrogen) atoms. The normalized spacial score (nSPS) is 21.2. The molecule has 0 unspecified atom stereocenters. The second-order valence-corrected chi connectivity index (χ2v) is 9.74. The summed E-state index contributed by atoms with van der Waals surface area (Å²) in [5, 5.41) is 13.3. The van der Waals surface area contributed by atoms with E-state index in [0.29, 0.717) is 29.7 Å². The lowest BCUT2D eigenvalue weighted by molar-refractivity contribution is -0.263. The zero-order valence-corrected chi connectivity index (χ0v) is 19.9. The van der Waals surface area contributed by atoms with Gasteiger partial charge in [-0.15, -0.1) is 0 Å². The predicted octanol–water partition coefficient (Wildman–Crippen LogP) is 5.62. The van der Waals surface area contributed by atoms with Crippen molar-refractivity contribution in [3.05, 3.63) is 106 Å². The summed E-state index contributed by atoms with van der Waals surface area (Å²) in [6.07, 6.45) is -0.714. The number of anilines is 1. The summed E-state index contributed by atoms with van der Waals surface area (Å²) >= 11 is 0. The Hall–Kier alpha value is -3.45. The molecule has 4 nitrogen and oxygen atoms in total. The van der Waals surface area contributed by atoms with Crippen molar-refractivity contribution < 1.29 is 23.1 Å². The van der Waals surface area contributed by atoms with Crippen LogP contribution in [0.4, 0.5) is 18.9 Å². The van der Waals surface area contributed by atoms with Crippen LogP contribution < -0.4 is 5.32 Å². The monoisotopic (exact) mass is 492 g/mol. The van der Waals surface area contributed by atoms with Crippen molar-refractivity contribution in [3.8, 4) is 0 Å². The molecule has 3 aromatic rings. The SMILES string of the molecule is Cc1ncccc1NC(=O)C1=C[C@@H](Cc2ccccc2)c2c(ccc3c2CC[C@](O)(C(F)(F)F)C3)C1. The largest absolute Gasteiger partial charge is 0.417 e. The fourth-order valence-corrected chi connectivity index (χ4v) is 5.41. The Balaban J connectivity index is 1.52. The quantitative estimate of drug-likeness (QED) is 0.497. The number of allylic oxidation sites excluding steroid dienone is 1. The first-order chi connectivity index (χ1) is 17.1. The molecule has 0 fully saturated rings. The molecule has 0 spiro atoms. The van der Waals surface area contributed by atoms with E-state index < -0.39 is 18.2 Å². The molecule has 1 heterocycles. The number of nitrogens with zero attached hydrogens (tertiary/aromatic N) is 1. The number of nitrogens with one attached hydrogen (secondary N) is 1. The lowest BCUT2D eigenvalue weighted by atomic mass is 9.71. The third-order valence-electron chi connectivity index (χ3n) is 7.34. The van der Waals surface area contributed by atoms with Crippen molar-refractivity contribution >= 4 is 11.6 Å². The minimum Gasteiger partial charge on any atom is -0.380 e. The number of carbonyl (C=O) groups excluding carboxylic acids is 1. The molecule has 2 N–H and O–H groups in total. The van der Waals surface area contributed by atoms with Gasteiger partial charge < -0.3 is 10.4 Å². The molecule has 2 aliphatic rings. The first-order valence-electron chi connectivity index (χ1n) is 12.0. The zero-order valence-electron chi connectivity index (χ0n) is 19.9. The number of fused-ring (bicyclic) bond motifs is 3. The van der Waals surface area contributed by atoms with Crippen molar-refractivity contribution in [1.29, 1.82) is 0 Å². The number of aromatic nitrogens is 1. The van der Waals surface area contributed by atoms with Gasteiger partial charge in [0, 0.05) is 30.5 Å². The molecule has 2 aromatic carbocycles. The van der Waals surface area contributed by atoms with Crippen LogP contribution in [0, 0.1) is 6.92 Å². The summed E-state index contributed by atoms with van der Waals surface area (Å²) in [5.74, 6) is -0.377. The number of aryl methyl sites for hydroxylation is 1. The number of alkyl halides is 3. The smallest absolute Gasteiger partial charge is 0.380 e. The molecular formula is C29H27F3N2O2. The van der Waals surface area contributed by atoms with Crippen molar-refractivity contribution in [2.24, 2.45) is 0 Å². The molecule has 0 saturated heterocycles. The van der Waals surface area contributed by atoms with E-state index in [-0.39, 0.29) is 24.7 Å². The second kappa shape index (κ2) is 9.21. The van der Waals surface area contributed by atoms with E-state index in [2.05, 4.69) is 10.3 Å². The minimum absolute atomic E-state index is 0.143. The van der Waals surface area contributed by atoms with Gasteiger partial charge in [-0.25, -0.2) is 0 Å². The van der Waals surface area contributed by atoms with E-state index >= 15 is 0 Å². The molecule has 0 saturated carbocycles. The number of hydrogen-bond donors (Lipinski definition) is 2. The van der Waals surface area contributed by atoms with Gasteiger partial charge in [-0.1, -0.05) is 48.5 Å². The molecule has 0 radical (unpaired) electrons. The standard InChI is InChI=1S/C29H27F3N2O2/c1-18-25(8-5-13-33-18)34-27(35)23-15-20-9-10-21-17-28(36,29(30,31)32)12-11-24(21)26(20)22(16-23)14-19-6-3-2-4-7-19/h2-10,13,16,22,36H,11-12,14-15,17H2,1H3,(H,34,35)/t22-,28-/m1/s1. The molecule has 2 aliphatic carbocycles. The molecule has 7 heteroatoms. The lowest BCUT2D eigenvalue weighted by Gasteiger charge is -2.38. The number of pyridine rings is 1. The molecule has 0 bridgehead atoms. The third kappa shape index (κ3) is 4.55. The minimum atomic E-state index is -4.68. The first-order valence-corrected chi connectivity index (χ1v) is 12.0. The summed E-state index contributed by atoms with van der Waals surface area (Å²) < 4.78 is 40.7. The van der Waals surface area contributed by atoms with E-state index in [1.54, 1.807) is 24.4 Å². The predicted molar refractivity (Wildman–Crippen MR) is 132 cm³/mol. The van der Waals surface area contributed by atoms with E-state index in [4.69, 9.17) is 0 Å². The van der Waals surface area contributed by atoms with Crippen molar-refractivity contribution in [2.45, 2.75) is 56.7 Å². The van der Waals surface area contributed by atoms with Gasteiger partial charge in [0.25, 0.3) is 5.91 Å². The van der Waals surface area contributed by atoms with Crippen LogP contribution in [-0.4, -0.2) is 27.8 Å². The Morgan fingerprint density at radius 2 is 1.86 bits per heavy atom. The summed E-state index contributed by atoms with van der Waals surface area (Å²) in [6.45, 7) is 1.83. The van der Waals surface area contributed by atoms with Crippen molar-refractivity contribution in [3.63, 3.8) is 0 Å². The second-order valence-electron chi connectivity index (χ2n) is 9.74. The highest BCUT2D eigenvalue weighted by Gasteiger charge is 2.55. The molecule has 5 rings (SSSR count). The molecular weight excluding hydrogens is 465 g/mol. The van der Waals surface area contributed by atoms with Gasteiger partial charge in [-0.05, 0) is 66.1 Å². The van der Waals surface area contributed by atoms with Crippen LogP contribution in [0.15, 0.2) is 72.4 Å². The van der Waals surface area contributed by atoms with Crippen LogP contribution in [-0.2, 0) is 30.5 Å². The van der Waals surface area contributed by atoms with Crippen LogP contribution in [0.25, 0.3) is 0 Å². The molecule has 2 atom stereocenters. The third-order valence-corrected chi connectivity index (χ3v) is 7.34. The van der Waals surface area contributed by atoms with Gasteiger partial charge >= 0.3 is 6.18 Å². The summed E-state index contributed by atoms with van der Waals surface area (Å²) in [5.41, 5.74) is 3.70. The maximum Gasteiger partial charge on any atom is 0.417 e. The van der Waals surface area contributed by atoms with Gasteiger partial charge in [0.1, 0.15) is 0 Å². The summed E-state index contributed by atoms with van der Waals surface area (Å²) in [6, 6.07) is 16.9. The van der Waals surface area contributed by atoms with E-state index in [1.807, 2.05) is 49.4 Å². The van der Waals surface area contributed by atoms with E-state index in [1.165, 1.54) is 0 Å². The fourth-order valence-electron chi connectivity index (χ4n) is 5.41. The van der Waals surface area contributed by atoms with E-state index in [9.17, 15) is 23.1 Å². The number of halogens is 3. The maximum absolute atomic E-state index is 13.6. The number of amides is 1. The number of benzene rings is 2. The Kier molecular flexibility index (Phi) is 6.20. The Labute approximate surface area is 207 Å². The van der Waals surface area contributed by atoms with Gasteiger partial charge in [-0.2, -0.15) is 13.2 Å². The first kappa shape index (κ1) is 24.3. The van der Waals surface area contributed by atoms with Crippen molar-refractivity contribution in [1.82, 2.24) is 4.98 Å². The Bertz CT molecular complexity index is 1330. The highest BCUT2D eigenvalue weighted by atomic mass is 19.4. The van der Waals surface area contributed by atoms with Gasteiger partial charge in [0.15, 0.2) is 5.60 Å². The van der Waals surface area contributed by atoms with Crippen LogP contribution in [0.1, 0.15) is 45.8 Å². The highest BCUT2D eigenvalue weighted by Crippen LogP contribution is 2.45. The molecule has 1 amide bonds. The topological polar surface area (TPSA) is 62.2 Å². The number of hydrogen-bond acceptors (Lipinski definition) is 3. The molecule has 186 valence electrons. The average Bonchev–Trinajstić information content (AvgIpc) is 2.85. The van der Waals surface area contributed by atoms with Gasteiger partial charge in [-0.3, -0.25) is 9.78 Å². The lowest BCUT2D eigenvalue weighted by Crippen LogP contribution is -2.49. The number of carbonyl (C=O) groups is 1. The van der Waals surface area contributed by atoms with Crippen LogP contribution >= 0.6 is 0 Å². The van der Waals surface area contributed by atoms with Gasteiger partial charge in [0.2, 0.25) is 0 Å². The van der Waals surface area contributed by atoms with Crippen LogP contribution in [0.3, 0.4) is 0 Å². The molecule has 0 aliphatic heterocycles. The average molecular weight is 493 g/mol. The number of aliphatic hydroxyl groups is 1. The Morgan fingerprint density at radius 3 is 2.58 bits per heavy atom. The summed E-state index contributed by atoms with van der Waals surface area (Å²) in [4.78, 5) is 17.5. The highest BCUT2D eigenvalue weighted by molar-refractivity contribution is 6.04. The molecule has 1 aromatic heterocycles. The Morgan fingerprint density at radius 1 is 1.11 bits per heavy atom. The van der Waals surface area contributed by atoms with Crippen molar-refractivity contribution in [2.75, 3.05) is 5.32 Å². The van der Waals surface area contributed by atoms with Gasteiger partial charge in [0.05, 0.1) is 11.4 Å².